The minimum absolute atomic E-state index is 0.0302. The van der Waals surface area contributed by atoms with Gasteiger partial charge in [0, 0.05) is 24.0 Å². The molecule has 0 atom stereocenters. The van der Waals surface area contributed by atoms with Crippen LogP contribution >= 0.6 is 0 Å². The molecule has 1 amide bonds. The van der Waals surface area contributed by atoms with Crippen molar-refractivity contribution in [1.82, 2.24) is 4.98 Å². The number of amides is 1. The summed E-state index contributed by atoms with van der Waals surface area (Å²) in [6.07, 6.45) is 1.54. The van der Waals surface area contributed by atoms with E-state index in [-0.39, 0.29) is 29.4 Å². The molecule has 24 heavy (non-hydrogen) atoms. The first kappa shape index (κ1) is 16.9. The van der Waals surface area contributed by atoms with Crippen molar-refractivity contribution in [3.8, 4) is 0 Å². The Morgan fingerprint density at radius 2 is 2.08 bits per heavy atom. The second-order valence-electron chi connectivity index (χ2n) is 4.60. The molecule has 0 unspecified atom stereocenters. The van der Waals surface area contributed by atoms with Crippen LogP contribution in [0.2, 0.25) is 0 Å². The molecule has 0 saturated carbocycles. The predicted molar refractivity (Wildman–Crippen MR) is 85.8 cm³/mol. The molecule has 0 saturated heterocycles. The van der Waals surface area contributed by atoms with E-state index in [1.807, 2.05) is 0 Å². The van der Waals surface area contributed by atoms with Crippen molar-refractivity contribution < 1.29 is 19.2 Å². The number of methoxy groups -OCH3 is 1. The topological polar surface area (TPSA) is 123 Å². The highest BCUT2D eigenvalue weighted by molar-refractivity contribution is 5.98. The monoisotopic (exact) mass is 330 g/mol. The summed E-state index contributed by atoms with van der Waals surface area (Å²) in [6.45, 7) is -0.154. The molecule has 2 rings (SSSR count). The number of non-ortho nitro benzene ring substituents is 1. The number of esters is 1. The highest BCUT2D eigenvalue weighted by atomic mass is 16.6. The van der Waals surface area contributed by atoms with Crippen LogP contribution in [0.1, 0.15) is 10.4 Å². The Labute approximate surface area is 136 Å². The van der Waals surface area contributed by atoms with Crippen molar-refractivity contribution in [3.05, 3.63) is 58.3 Å². The number of nitrogens with one attached hydrogen (secondary N) is 2. The summed E-state index contributed by atoms with van der Waals surface area (Å²) >= 11 is 0. The number of rotatable bonds is 6. The molecular formula is C15H14N4O5. The summed E-state index contributed by atoms with van der Waals surface area (Å²) in [6, 6.07) is 8.73. The molecule has 1 heterocycles. The van der Waals surface area contributed by atoms with Crippen LogP contribution in [0.5, 0.6) is 0 Å². The second kappa shape index (κ2) is 7.68. The maximum absolute atomic E-state index is 11.9. The number of pyridine rings is 1. The van der Waals surface area contributed by atoms with Gasteiger partial charge in [-0.2, -0.15) is 0 Å². The number of hydrogen-bond donors (Lipinski definition) is 2. The van der Waals surface area contributed by atoms with Gasteiger partial charge in [-0.05, 0) is 18.2 Å². The third kappa shape index (κ3) is 4.26. The van der Waals surface area contributed by atoms with Crippen LogP contribution in [0.15, 0.2) is 42.6 Å². The minimum Gasteiger partial charge on any atom is -0.465 e. The maximum atomic E-state index is 11.9. The number of carbonyl (C=O) groups excluding carboxylic acids is 2. The Morgan fingerprint density at radius 1 is 1.29 bits per heavy atom. The van der Waals surface area contributed by atoms with E-state index in [0.29, 0.717) is 5.82 Å². The van der Waals surface area contributed by atoms with Gasteiger partial charge in [-0.3, -0.25) is 14.9 Å². The van der Waals surface area contributed by atoms with Gasteiger partial charge in [0.15, 0.2) is 0 Å². The first-order valence-corrected chi connectivity index (χ1v) is 6.82. The SMILES string of the molecule is COC(=O)c1cc([N+](=O)[O-])ccc1NCC(=O)Nc1ccccn1. The number of benzene rings is 1. The molecule has 0 radical (unpaired) electrons. The van der Waals surface area contributed by atoms with Gasteiger partial charge in [0.1, 0.15) is 5.82 Å². The molecule has 9 nitrogen and oxygen atoms in total. The molecule has 0 fully saturated rings. The Kier molecular flexibility index (Phi) is 5.40. The van der Waals surface area contributed by atoms with E-state index in [0.717, 1.165) is 6.07 Å². The molecule has 1 aromatic carbocycles. The third-order valence-corrected chi connectivity index (χ3v) is 2.99. The van der Waals surface area contributed by atoms with Gasteiger partial charge in [0.2, 0.25) is 5.91 Å². The molecule has 0 spiro atoms. The molecular weight excluding hydrogens is 316 g/mol. The summed E-state index contributed by atoms with van der Waals surface area (Å²) in [4.78, 5) is 37.8. The summed E-state index contributed by atoms with van der Waals surface area (Å²) in [5.74, 6) is -0.740. The number of ether oxygens (including phenoxy) is 1. The quantitative estimate of drug-likeness (QED) is 0.470. The summed E-state index contributed by atoms with van der Waals surface area (Å²) < 4.78 is 4.60. The molecule has 0 aliphatic rings. The first-order valence-electron chi connectivity index (χ1n) is 6.82. The Bertz CT molecular complexity index is 764. The number of hydrogen-bond acceptors (Lipinski definition) is 7. The zero-order valence-electron chi connectivity index (χ0n) is 12.7. The number of nitrogens with zero attached hydrogens (tertiary/aromatic N) is 2. The largest absolute Gasteiger partial charge is 0.465 e. The van der Waals surface area contributed by atoms with Crippen LogP contribution < -0.4 is 10.6 Å². The number of nitro benzene ring substituents is 1. The standard InChI is InChI=1S/C15H14N4O5/c1-24-15(21)11-8-10(19(22)23)5-6-12(11)17-9-14(20)18-13-4-2-3-7-16-13/h2-8,17H,9H2,1H3,(H,16,18,20). The number of carbonyl (C=O) groups is 2. The van der Waals surface area contributed by atoms with Gasteiger partial charge in [-0.25, -0.2) is 9.78 Å². The Balaban J connectivity index is 2.09. The zero-order valence-corrected chi connectivity index (χ0v) is 12.7. The lowest BCUT2D eigenvalue weighted by Gasteiger charge is -2.10. The molecule has 0 aliphatic carbocycles. The van der Waals surface area contributed by atoms with Gasteiger partial charge in [-0.1, -0.05) is 6.07 Å². The lowest BCUT2D eigenvalue weighted by molar-refractivity contribution is -0.384. The van der Waals surface area contributed by atoms with Crippen molar-refractivity contribution in [1.29, 1.82) is 0 Å². The van der Waals surface area contributed by atoms with Crippen LogP contribution in [-0.4, -0.2) is 35.4 Å². The van der Waals surface area contributed by atoms with E-state index in [1.54, 1.807) is 18.2 Å². The van der Waals surface area contributed by atoms with Gasteiger partial charge in [0.05, 0.1) is 24.1 Å². The molecule has 2 aromatic rings. The highest BCUT2D eigenvalue weighted by Crippen LogP contribution is 2.22. The fourth-order valence-electron chi connectivity index (χ4n) is 1.88. The van der Waals surface area contributed by atoms with Crippen LogP contribution in [0, 0.1) is 10.1 Å². The summed E-state index contributed by atoms with van der Waals surface area (Å²) in [7, 11) is 1.17. The summed E-state index contributed by atoms with van der Waals surface area (Å²) in [5, 5.41) is 16.1. The van der Waals surface area contributed by atoms with Crippen molar-refractivity contribution in [2.24, 2.45) is 0 Å². The molecule has 2 N–H and O–H groups in total. The third-order valence-electron chi connectivity index (χ3n) is 2.99. The van der Waals surface area contributed by atoms with E-state index in [9.17, 15) is 19.7 Å². The van der Waals surface area contributed by atoms with E-state index >= 15 is 0 Å². The summed E-state index contributed by atoms with van der Waals surface area (Å²) in [5.41, 5.74) is -0.0279. The average Bonchev–Trinajstić information content (AvgIpc) is 2.60. The molecule has 9 heteroatoms. The van der Waals surface area contributed by atoms with Gasteiger partial charge in [0.25, 0.3) is 5.69 Å². The fourth-order valence-corrected chi connectivity index (χ4v) is 1.88. The van der Waals surface area contributed by atoms with Crippen LogP contribution in [-0.2, 0) is 9.53 Å². The number of anilines is 2. The van der Waals surface area contributed by atoms with Crippen molar-refractivity contribution in [2.75, 3.05) is 24.3 Å². The van der Waals surface area contributed by atoms with E-state index in [4.69, 9.17) is 0 Å². The van der Waals surface area contributed by atoms with E-state index in [2.05, 4.69) is 20.4 Å². The predicted octanol–water partition coefficient (Wildman–Crippen LogP) is 1.83. The van der Waals surface area contributed by atoms with Gasteiger partial charge < -0.3 is 15.4 Å². The maximum Gasteiger partial charge on any atom is 0.340 e. The van der Waals surface area contributed by atoms with Crippen molar-refractivity contribution in [2.45, 2.75) is 0 Å². The smallest absolute Gasteiger partial charge is 0.340 e. The Morgan fingerprint density at radius 3 is 2.71 bits per heavy atom. The first-order chi connectivity index (χ1) is 11.5. The second-order valence-corrected chi connectivity index (χ2v) is 4.60. The molecule has 0 aliphatic heterocycles. The molecule has 124 valence electrons. The lowest BCUT2D eigenvalue weighted by atomic mass is 10.1. The minimum atomic E-state index is -0.744. The van der Waals surface area contributed by atoms with Crippen molar-refractivity contribution in [3.63, 3.8) is 0 Å². The zero-order chi connectivity index (χ0) is 17.5. The van der Waals surface area contributed by atoms with E-state index in [1.165, 1.54) is 25.4 Å². The van der Waals surface area contributed by atoms with E-state index < -0.39 is 10.9 Å². The normalized spacial score (nSPS) is 9.88. The van der Waals surface area contributed by atoms with Crippen LogP contribution in [0.3, 0.4) is 0 Å². The van der Waals surface area contributed by atoms with Crippen LogP contribution in [0.25, 0.3) is 0 Å². The number of aromatic nitrogens is 1. The molecule has 1 aromatic heterocycles. The van der Waals surface area contributed by atoms with Crippen LogP contribution in [0.4, 0.5) is 17.2 Å². The van der Waals surface area contributed by atoms with Crippen molar-refractivity contribution >= 4 is 29.1 Å². The number of nitro groups is 1. The lowest BCUT2D eigenvalue weighted by Crippen LogP contribution is -2.23. The van der Waals surface area contributed by atoms with Gasteiger partial charge in [-0.15, -0.1) is 0 Å². The fraction of sp³-hybridized carbons (Fsp3) is 0.133. The molecule has 0 bridgehead atoms. The average molecular weight is 330 g/mol. The highest BCUT2D eigenvalue weighted by Gasteiger charge is 2.17. The van der Waals surface area contributed by atoms with Gasteiger partial charge >= 0.3 is 5.97 Å². The Hall–Kier alpha value is -3.49.